The van der Waals surface area contributed by atoms with E-state index in [2.05, 4.69) is 5.32 Å². The number of carbonyl (C=O) groups excluding carboxylic acids is 2. The summed E-state index contributed by atoms with van der Waals surface area (Å²) in [6, 6.07) is 21.1. The second-order valence-corrected chi connectivity index (χ2v) is 12.2. The summed E-state index contributed by atoms with van der Waals surface area (Å²) in [7, 11) is -1.07. The Kier molecular flexibility index (Phi) is 10.5. The van der Waals surface area contributed by atoms with E-state index in [-0.39, 0.29) is 23.4 Å². The van der Waals surface area contributed by atoms with Gasteiger partial charge in [0.05, 0.1) is 24.8 Å². The fourth-order valence-electron chi connectivity index (χ4n) is 5.21. The second kappa shape index (κ2) is 14.2. The van der Waals surface area contributed by atoms with E-state index >= 15 is 0 Å². The number of rotatable bonds is 13. The van der Waals surface area contributed by atoms with Crippen molar-refractivity contribution < 1.29 is 27.5 Å². The highest BCUT2D eigenvalue weighted by Gasteiger charge is 2.34. The number of ether oxygens (including phenoxy) is 2. The van der Waals surface area contributed by atoms with Crippen LogP contribution in [-0.4, -0.2) is 58.0 Å². The molecule has 10 heteroatoms. The largest absolute Gasteiger partial charge is 0.497 e. The molecule has 0 aliphatic heterocycles. The van der Waals surface area contributed by atoms with Gasteiger partial charge in [0.15, 0.2) is 0 Å². The highest BCUT2D eigenvalue weighted by molar-refractivity contribution is 7.92. The number of methoxy groups -OCH3 is 2. The van der Waals surface area contributed by atoms with E-state index in [0.717, 1.165) is 35.6 Å². The molecule has 0 heterocycles. The molecule has 3 aromatic rings. The van der Waals surface area contributed by atoms with Crippen LogP contribution in [0.3, 0.4) is 0 Å². The summed E-state index contributed by atoms with van der Waals surface area (Å²) in [5, 5.41) is 3.12. The van der Waals surface area contributed by atoms with Gasteiger partial charge in [-0.25, -0.2) is 8.42 Å². The van der Waals surface area contributed by atoms with E-state index in [1.54, 1.807) is 61.7 Å². The van der Waals surface area contributed by atoms with E-state index < -0.39 is 28.5 Å². The lowest BCUT2D eigenvalue weighted by Gasteiger charge is -2.33. The molecule has 0 spiro atoms. The first-order valence-corrected chi connectivity index (χ1v) is 15.7. The minimum atomic E-state index is -4.15. The average molecular weight is 594 g/mol. The molecule has 0 radical (unpaired) electrons. The van der Waals surface area contributed by atoms with Crippen molar-refractivity contribution in [3.63, 3.8) is 0 Å². The van der Waals surface area contributed by atoms with Crippen LogP contribution in [0.4, 0.5) is 5.69 Å². The zero-order valence-electron chi connectivity index (χ0n) is 24.4. The third-order valence-corrected chi connectivity index (χ3v) is 9.36. The zero-order valence-corrected chi connectivity index (χ0v) is 25.2. The summed E-state index contributed by atoms with van der Waals surface area (Å²) < 4.78 is 39.4. The number of amides is 2. The normalized spacial score (nSPS) is 14.2. The molecule has 2 amide bonds. The molecule has 3 aromatic carbocycles. The molecule has 1 N–H and O–H groups in total. The highest BCUT2D eigenvalue weighted by atomic mass is 32.2. The number of nitrogens with zero attached hydrogens (tertiary/aromatic N) is 2. The lowest BCUT2D eigenvalue weighted by Crippen LogP contribution is -2.53. The quantitative estimate of drug-likeness (QED) is 0.306. The first-order chi connectivity index (χ1) is 20.3. The SMILES string of the molecule is CCC(C(=O)NC1CCCC1)N(Cc1ccc(OC)cc1)C(=O)CN(c1ccccc1)S(=O)(=O)c1ccc(OC)cc1. The Bertz CT molecular complexity index is 1420. The molecule has 0 aromatic heterocycles. The summed E-state index contributed by atoms with van der Waals surface area (Å²) in [4.78, 5) is 29.2. The van der Waals surface area contributed by atoms with Gasteiger partial charge in [0.2, 0.25) is 11.8 Å². The van der Waals surface area contributed by atoms with Gasteiger partial charge in [-0.3, -0.25) is 13.9 Å². The molecule has 9 nitrogen and oxygen atoms in total. The van der Waals surface area contributed by atoms with Crippen molar-refractivity contribution >= 4 is 27.5 Å². The number of carbonyl (C=O) groups is 2. The van der Waals surface area contributed by atoms with Crippen LogP contribution in [0.25, 0.3) is 0 Å². The molecule has 1 atom stereocenters. The topological polar surface area (TPSA) is 105 Å². The van der Waals surface area contributed by atoms with Crippen molar-refractivity contribution in [2.24, 2.45) is 0 Å². The Morgan fingerprint density at radius 3 is 2.00 bits per heavy atom. The van der Waals surface area contributed by atoms with Crippen molar-refractivity contribution in [1.29, 1.82) is 0 Å². The number of hydrogen-bond acceptors (Lipinski definition) is 6. The van der Waals surface area contributed by atoms with E-state index in [0.29, 0.717) is 23.6 Å². The van der Waals surface area contributed by atoms with Gasteiger partial charge in [-0.2, -0.15) is 0 Å². The number of nitrogens with one attached hydrogen (secondary N) is 1. The predicted molar refractivity (Wildman–Crippen MR) is 162 cm³/mol. The van der Waals surface area contributed by atoms with Crippen molar-refractivity contribution in [2.45, 2.75) is 62.6 Å². The third-order valence-electron chi connectivity index (χ3n) is 7.57. The van der Waals surface area contributed by atoms with E-state index in [1.165, 1.54) is 24.1 Å². The first-order valence-electron chi connectivity index (χ1n) is 14.2. The summed E-state index contributed by atoms with van der Waals surface area (Å²) in [5.74, 6) is 0.472. The maximum atomic E-state index is 14.2. The number of para-hydroxylation sites is 1. The van der Waals surface area contributed by atoms with Crippen molar-refractivity contribution in [2.75, 3.05) is 25.1 Å². The van der Waals surface area contributed by atoms with Gasteiger partial charge in [0.25, 0.3) is 10.0 Å². The summed E-state index contributed by atoms with van der Waals surface area (Å²) in [5.41, 5.74) is 1.13. The number of anilines is 1. The standard InChI is InChI=1S/C32H39N3O6S/c1-4-30(32(37)33-25-10-8-9-11-25)34(22-24-14-16-27(40-2)17-15-24)31(36)23-35(26-12-6-5-7-13-26)42(38,39)29-20-18-28(41-3)19-21-29/h5-7,12-21,25,30H,4,8-11,22-23H2,1-3H3,(H,33,37). The van der Waals surface area contributed by atoms with Crippen LogP contribution in [0.1, 0.15) is 44.6 Å². The number of sulfonamides is 1. The van der Waals surface area contributed by atoms with Crippen molar-refractivity contribution in [1.82, 2.24) is 10.2 Å². The van der Waals surface area contributed by atoms with Gasteiger partial charge in [-0.1, -0.05) is 50.1 Å². The van der Waals surface area contributed by atoms with Gasteiger partial charge in [0.1, 0.15) is 24.1 Å². The Hall–Kier alpha value is -4.05. The summed E-state index contributed by atoms with van der Waals surface area (Å²) in [6.45, 7) is 1.50. The Morgan fingerprint density at radius 2 is 1.45 bits per heavy atom. The van der Waals surface area contributed by atoms with Crippen molar-refractivity contribution in [3.05, 3.63) is 84.4 Å². The van der Waals surface area contributed by atoms with Crippen LogP contribution in [-0.2, 0) is 26.2 Å². The van der Waals surface area contributed by atoms with Crippen LogP contribution in [0.2, 0.25) is 0 Å². The van der Waals surface area contributed by atoms with Crippen LogP contribution in [0, 0.1) is 0 Å². The molecule has 4 rings (SSSR count). The van der Waals surface area contributed by atoms with Crippen molar-refractivity contribution in [3.8, 4) is 11.5 Å². The van der Waals surface area contributed by atoms with Gasteiger partial charge < -0.3 is 19.7 Å². The fraction of sp³-hybridized carbons (Fsp3) is 0.375. The second-order valence-electron chi connectivity index (χ2n) is 10.3. The molecular formula is C32H39N3O6S. The zero-order chi connectivity index (χ0) is 30.1. The molecule has 0 bridgehead atoms. The van der Waals surface area contributed by atoms with Crippen LogP contribution >= 0.6 is 0 Å². The Labute approximate surface area is 248 Å². The van der Waals surface area contributed by atoms with Crippen LogP contribution in [0.15, 0.2) is 83.8 Å². The van der Waals surface area contributed by atoms with Crippen LogP contribution in [0.5, 0.6) is 11.5 Å². The molecule has 1 unspecified atom stereocenters. The molecule has 1 aliphatic carbocycles. The molecule has 224 valence electrons. The predicted octanol–water partition coefficient (Wildman–Crippen LogP) is 4.77. The molecular weight excluding hydrogens is 554 g/mol. The lowest BCUT2D eigenvalue weighted by molar-refractivity contribution is -0.140. The molecule has 0 saturated heterocycles. The van der Waals surface area contributed by atoms with E-state index in [1.807, 2.05) is 19.1 Å². The van der Waals surface area contributed by atoms with Gasteiger partial charge in [-0.05, 0) is 73.4 Å². The minimum absolute atomic E-state index is 0.0210. The molecule has 42 heavy (non-hydrogen) atoms. The average Bonchev–Trinajstić information content (AvgIpc) is 3.53. The smallest absolute Gasteiger partial charge is 0.264 e. The fourth-order valence-corrected chi connectivity index (χ4v) is 6.63. The maximum Gasteiger partial charge on any atom is 0.264 e. The molecule has 1 saturated carbocycles. The van der Waals surface area contributed by atoms with Gasteiger partial charge in [-0.15, -0.1) is 0 Å². The van der Waals surface area contributed by atoms with Crippen LogP contribution < -0.4 is 19.1 Å². The minimum Gasteiger partial charge on any atom is -0.497 e. The monoisotopic (exact) mass is 593 g/mol. The maximum absolute atomic E-state index is 14.2. The summed E-state index contributed by atoms with van der Waals surface area (Å²) >= 11 is 0. The first kappa shape index (κ1) is 30.9. The highest BCUT2D eigenvalue weighted by Crippen LogP contribution is 2.26. The Morgan fingerprint density at radius 1 is 0.881 bits per heavy atom. The number of benzene rings is 3. The van der Waals surface area contributed by atoms with Gasteiger partial charge >= 0.3 is 0 Å². The molecule has 1 aliphatic rings. The van der Waals surface area contributed by atoms with Gasteiger partial charge in [0, 0.05) is 12.6 Å². The third kappa shape index (κ3) is 7.42. The van der Waals surface area contributed by atoms with E-state index in [4.69, 9.17) is 9.47 Å². The summed E-state index contributed by atoms with van der Waals surface area (Å²) in [6.07, 6.45) is 4.32. The van der Waals surface area contributed by atoms with E-state index in [9.17, 15) is 18.0 Å². The molecule has 1 fully saturated rings. The Balaban J connectivity index is 1.69. The lowest BCUT2D eigenvalue weighted by atomic mass is 10.1. The number of hydrogen-bond donors (Lipinski definition) is 1.